The van der Waals surface area contributed by atoms with Crippen molar-refractivity contribution >= 4 is 22.9 Å². The van der Waals surface area contributed by atoms with Crippen molar-refractivity contribution in [2.45, 2.75) is 50.4 Å². The summed E-state index contributed by atoms with van der Waals surface area (Å²) in [6.45, 7) is 6.27. The molecule has 0 spiro atoms. The largest absolute Gasteiger partial charge is 0.301 e. The van der Waals surface area contributed by atoms with Crippen molar-refractivity contribution < 1.29 is 0 Å². The van der Waals surface area contributed by atoms with Crippen LogP contribution >= 0.6 is 22.9 Å². The van der Waals surface area contributed by atoms with Gasteiger partial charge in [-0.2, -0.15) is 0 Å². The maximum Gasteiger partial charge on any atom is 0.0929 e. The number of hydrogen-bond acceptors (Lipinski definition) is 4. The highest BCUT2D eigenvalue weighted by Gasteiger charge is 2.25. The molecule has 1 aliphatic carbocycles. The number of hydrogen-bond donors (Lipinski definition) is 0. The zero-order chi connectivity index (χ0) is 14.5. The predicted octanol–water partition coefficient (Wildman–Crippen LogP) is 3.37. The molecular weight excluding hydrogens is 302 g/mol. The molecule has 5 heteroatoms. The quantitative estimate of drug-likeness (QED) is 0.747. The molecule has 0 amide bonds. The molecule has 118 valence electrons. The van der Waals surface area contributed by atoms with Crippen LogP contribution in [0.2, 0.25) is 0 Å². The molecule has 3 nitrogen and oxygen atoms in total. The molecule has 0 atom stereocenters. The van der Waals surface area contributed by atoms with Gasteiger partial charge in [0.2, 0.25) is 0 Å². The molecule has 0 unspecified atom stereocenters. The summed E-state index contributed by atoms with van der Waals surface area (Å²) < 4.78 is 0. The fourth-order valence-corrected chi connectivity index (χ4v) is 4.67. The first-order valence-electron chi connectivity index (χ1n) is 8.31. The SMILES string of the molecule is ClCc1csc(CCCN2CCN(C3CCCC3)CC2)n1. The summed E-state index contributed by atoms with van der Waals surface area (Å²) in [5.74, 6) is 0.541. The van der Waals surface area contributed by atoms with Crippen molar-refractivity contribution in [2.24, 2.45) is 0 Å². The number of rotatable bonds is 6. The molecule has 1 aromatic rings. The van der Waals surface area contributed by atoms with Gasteiger partial charge in [-0.15, -0.1) is 22.9 Å². The van der Waals surface area contributed by atoms with Crippen LogP contribution in [0.15, 0.2) is 5.38 Å². The molecule has 2 fully saturated rings. The van der Waals surface area contributed by atoms with E-state index in [2.05, 4.69) is 20.2 Å². The van der Waals surface area contributed by atoms with Gasteiger partial charge in [-0.25, -0.2) is 4.98 Å². The van der Waals surface area contributed by atoms with E-state index in [0.29, 0.717) is 5.88 Å². The number of aryl methyl sites for hydroxylation is 1. The maximum absolute atomic E-state index is 5.79. The van der Waals surface area contributed by atoms with Crippen molar-refractivity contribution in [2.75, 3.05) is 32.7 Å². The normalized spacial score (nSPS) is 22.1. The fraction of sp³-hybridized carbons (Fsp3) is 0.812. The number of alkyl halides is 1. The van der Waals surface area contributed by atoms with Crippen LogP contribution in [0.3, 0.4) is 0 Å². The summed E-state index contributed by atoms with van der Waals surface area (Å²) in [6, 6.07) is 0.899. The van der Waals surface area contributed by atoms with Crippen molar-refractivity contribution in [3.8, 4) is 0 Å². The Morgan fingerprint density at radius 2 is 1.95 bits per heavy atom. The van der Waals surface area contributed by atoms with Crippen molar-refractivity contribution in [3.63, 3.8) is 0 Å². The van der Waals surface area contributed by atoms with E-state index in [1.807, 2.05) is 0 Å². The van der Waals surface area contributed by atoms with Crippen LogP contribution in [0.25, 0.3) is 0 Å². The summed E-state index contributed by atoms with van der Waals surface area (Å²) in [5.41, 5.74) is 1.03. The van der Waals surface area contributed by atoms with E-state index < -0.39 is 0 Å². The lowest BCUT2D eigenvalue weighted by Gasteiger charge is -2.38. The molecule has 0 radical (unpaired) electrons. The van der Waals surface area contributed by atoms with Crippen molar-refractivity contribution in [1.82, 2.24) is 14.8 Å². The van der Waals surface area contributed by atoms with E-state index in [0.717, 1.165) is 18.2 Å². The summed E-state index contributed by atoms with van der Waals surface area (Å²) in [5, 5.41) is 3.33. The summed E-state index contributed by atoms with van der Waals surface area (Å²) in [4.78, 5) is 9.90. The van der Waals surface area contributed by atoms with E-state index in [4.69, 9.17) is 11.6 Å². The van der Waals surface area contributed by atoms with Gasteiger partial charge in [0, 0.05) is 44.0 Å². The monoisotopic (exact) mass is 327 g/mol. The van der Waals surface area contributed by atoms with Crippen LogP contribution in [0, 0.1) is 0 Å². The minimum atomic E-state index is 0.541. The van der Waals surface area contributed by atoms with E-state index >= 15 is 0 Å². The average molecular weight is 328 g/mol. The van der Waals surface area contributed by atoms with Crippen molar-refractivity contribution in [3.05, 3.63) is 16.1 Å². The van der Waals surface area contributed by atoms with Crippen LogP contribution in [0.1, 0.15) is 42.8 Å². The Kier molecular flexibility index (Phi) is 5.92. The summed E-state index contributed by atoms with van der Waals surface area (Å²) in [6.07, 6.45) is 8.09. The van der Waals surface area contributed by atoms with E-state index in [9.17, 15) is 0 Å². The van der Waals surface area contributed by atoms with E-state index in [1.54, 1.807) is 11.3 Å². The Bertz CT molecular complexity index is 423. The highest BCUT2D eigenvalue weighted by Crippen LogP contribution is 2.24. The van der Waals surface area contributed by atoms with Crippen LogP contribution in [0.4, 0.5) is 0 Å². The molecule has 1 saturated carbocycles. The van der Waals surface area contributed by atoms with Crippen LogP contribution in [0.5, 0.6) is 0 Å². The summed E-state index contributed by atoms with van der Waals surface area (Å²) in [7, 11) is 0. The Balaban J connectivity index is 1.33. The first-order chi connectivity index (χ1) is 10.3. The molecule has 1 saturated heterocycles. The number of nitrogens with zero attached hydrogens (tertiary/aromatic N) is 3. The van der Waals surface area contributed by atoms with Gasteiger partial charge in [0.25, 0.3) is 0 Å². The number of aromatic nitrogens is 1. The minimum absolute atomic E-state index is 0.541. The topological polar surface area (TPSA) is 19.4 Å². The molecule has 2 heterocycles. The molecule has 2 aliphatic rings. The summed E-state index contributed by atoms with van der Waals surface area (Å²) >= 11 is 7.55. The average Bonchev–Trinajstić information content (AvgIpc) is 3.19. The maximum atomic E-state index is 5.79. The molecular formula is C16H26ClN3S. The van der Waals surface area contributed by atoms with Gasteiger partial charge in [-0.1, -0.05) is 12.8 Å². The minimum Gasteiger partial charge on any atom is -0.301 e. The molecule has 3 rings (SSSR count). The zero-order valence-corrected chi connectivity index (χ0v) is 14.3. The second kappa shape index (κ2) is 7.91. The lowest BCUT2D eigenvalue weighted by atomic mass is 10.1. The van der Waals surface area contributed by atoms with E-state index in [1.165, 1.54) is 69.8 Å². The number of thiazole rings is 1. The number of halogens is 1. The van der Waals surface area contributed by atoms with Gasteiger partial charge in [0.1, 0.15) is 0 Å². The Morgan fingerprint density at radius 1 is 1.19 bits per heavy atom. The first kappa shape index (κ1) is 15.7. The molecule has 0 aromatic carbocycles. The van der Waals surface area contributed by atoms with Gasteiger partial charge in [0.15, 0.2) is 0 Å². The Hall–Kier alpha value is -0.160. The molecule has 0 N–H and O–H groups in total. The second-order valence-corrected chi connectivity index (χ2v) is 7.50. The van der Waals surface area contributed by atoms with Gasteiger partial charge in [-0.05, 0) is 25.8 Å². The Morgan fingerprint density at radius 3 is 2.62 bits per heavy atom. The van der Waals surface area contributed by atoms with Crippen LogP contribution in [-0.2, 0) is 12.3 Å². The van der Waals surface area contributed by atoms with Crippen LogP contribution in [-0.4, -0.2) is 53.5 Å². The number of piperazine rings is 1. The zero-order valence-electron chi connectivity index (χ0n) is 12.8. The highest BCUT2D eigenvalue weighted by atomic mass is 35.5. The Labute approximate surface area is 137 Å². The standard InChI is InChI=1S/C16H26ClN3S/c17-12-14-13-21-16(18-14)6-3-7-19-8-10-20(11-9-19)15-4-1-2-5-15/h13,15H,1-12H2. The molecule has 0 bridgehead atoms. The lowest BCUT2D eigenvalue weighted by Crippen LogP contribution is -2.49. The van der Waals surface area contributed by atoms with Crippen LogP contribution < -0.4 is 0 Å². The fourth-order valence-electron chi connectivity index (χ4n) is 3.60. The molecule has 1 aliphatic heterocycles. The van der Waals surface area contributed by atoms with Crippen molar-refractivity contribution in [1.29, 1.82) is 0 Å². The highest BCUT2D eigenvalue weighted by molar-refractivity contribution is 7.09. The van der Waals surface area contributed by atoms with Gasteiger partial charge >= 0.3 is 0 Å². The molecule has 21 heavy (non-hydrogen) atoms. The first-order valence-corrected chi connectivity index (χ1v) is 9.72. The third-order valence-electron chi connectivity index (χ3n) is 4.85. The predicted molar refractivity (Wildman–Crippen MR) is 90.3 cm³/mol. The third-order valence-corrected chi connectivity index (χ3v) is 6.08. The third kappa shape index (κ3) is 4.41. The van der Waals surface area contributed by atoms with Gasteiger partial charge in [0.05, 0.1) is 16.6 Å². The van der Waals surface area contributed by atoms with E-state index in [-0.39, 0.29) is 0 Å². The van der Waals surface area contributed by atoms with Gasteiger partial charge < -0.3 is 4.90 Å². The second-order valence-electron chi connectivity index (χ2n) is 6.29. The molecule has 1 aromatic heterocycles. The smallest absolute Gasteiger partial charge is 0.0929 e. The lowest BCUT2D eigenvalue weighted by molar-refractivity contribution is 0.0973. The van der Waals surface area contributed by atoms with Gasteiger partial charge in [-0.3, -0.25) is 4.90 Å².